The monoisotopic (exact) mass is 267 g/mol. The van der Waals surface area contributed by atoms with Gasteiger partial charge in [-0.05, 0) is 18.1 Å². The Kier molecular flexibility index (Phi) is 2.87. The number of piperazine rings is 1. The van der Waals surface area contributed by atoms with Gasteiger partial charge in [0.15, 0.2) is 0 Å². The Balaban J connectivity index is 1.64. The van der Waals surface area contributed by atoms with Crippen molar-refractivity contribution in [2.45, 2.75) is 25.0 Å². The van der Waals surface area contributed by atoms with Crippen LogP contribution < -0.4 is 0 Å². The maximum Gasteiger partial charge on any atom is 0.407 e. The molecule has 1 N–H and O–H groups in total. The average Bonchev–Trinajstić information content (AvgIpc) is 2.91. The van der Waals surface area contributed by atoms with Crippen molar-refractivity contribution in [1.82, 2.24) is 14.8 Å². The van der Waals surface area contributed by atoms with Crippen LogP contribution in [-0.4, -0.2) is 51.2 Å². The molecule has 6 heteroatoms. The third-order valence-electron chi connectivity index (χ3n) is 3.77. The van der Waals surface area contributed by atoms with Gasteiger partial charge < -0.3 is 10.0 Å². The van der Waals surface area contributed by atoms with E-state index in [0.29, 0.717) is 17.7 Å². The topological polar surface area (TPSA) is 56.7 Å². The molecule has 1 aromatic heterocycles. The zero-order valence-electron chi connectivity index (χ0n) is 9.79. The highest BCUT2D eigenvalue weighted by atomic mass is 35.5. The number of carboxylic acid groups (broad SMARTS) is 1. The molecule has 2 atom stereocenters. The van der Waals surface area contributed by atoms with Gasteiger partial charge in [0.05, 0.1) is 0 Å². The third-order valence-corrected chi connectivity index (χ3v) is 4.00. The van der Waals surface area contributed by atoms with Crippen molar-refractivity contribution in [1.29, 1.82) is 0 Å². The molecule has 0 unspecified atom stereocenters. The first-order chi connectivity index (χ1) is 8.63. The molecule has 96 valence electrons. The van der Waals surface area contributed by atoms with Crippen LogP contribution in [-0.2, 0) is 6.54 Å². The second-order valence-electron chi connectivity index (χ2n) is 4.90. The summed E-state index contributed by atoms with van der Waals surface area (Å²) >= 11 is 5.75. The lowest BCUT2D eigenvalue weighted by atomic mass is 10.2. The van der Waals surface area contributed by atoms with E-state index in [1.165, 1.54) is 0 Å². The van der Waals surface area contributed by atoms with E-state index in [2.05, 4.69) is 9.88 Å². The van der Waals surface area contributed by atoms with Gasteiger partial charge in [0, 0.05) is 37.9 Å². The Morgan fingerprint density at radius 2 is 2.28 bits per heavy atom. The molecule has 0 spiro atoms. The standard InChI is InChI=1S/C12H14ClN3O2/c13-11-2-1-8(4-14-11)5-15-6-10-3-9(15)7-16(10)12(17)18/h1-2,4,9-10H,3,5-7H2,(H,17,18)/t9-,10-/m0/s1. The fourth-order valence-electron chi connectivity index (χ4n) is 2.91. The molecule has 0 aromatic carbocycles. The van der Waals surface area contributed by atoms with E-state index in [0.717, 1.165) is 25.1 Å². The second-order valence-corrected chi connectivity index (χ2v) is 5.28. The van der Waals surface area contributed by atoms with E-state index < -0.39 is 6.09 Å². The zero-order chi connectivity index (χ0) is 12.7. The lowest BCUT2D eigenvalue weighted by Crippen LogP contribution is -2.47. The van der Waals surface area contributed by atoms with Gasteiger partial charge in [-0.15, -0.1) is 0 Å². The summed E-state index contributed by atoms with van der Waals surface area (Å²) in [5.74, 6) is 0. The van der Waals surface area contributed by atoms with E-state index in [1.54, 1.807) is 17.2 Å². The molecule has 0 aliphatic carbocycles. The smallest absolute Gasteiger partial charge is 0.407 e. The molecule has 0 radical (unpaired) electrons. The Labute approximate surface area is 110 Å². The second kappa shape index (κ2) is 4.40. The minimum atomic E-state index is -0.796. The SMILES string of the molecule is O=C(O)N1C[C@@H]2C[C@H]1CN2Cc1ccc(Cl)nc1. The predicted octanol–water partition coefficient (Wildman–Crippen LogP) is 1.67. The predicted molar refractivity (Wildman–Crippen MR) is 66.6 cm³/mol. The number of amides is 1. The molecule has 18 heavy (non-hydrogen) atoms. The molecule has 2 saturated heterocycles. The highest BCUT2D eigenvalue weighted by molar-refractivity contribution is 6.29. The average molecular weight is 268 g/mol. The summed E-state index contributed by atoms with van der Waals surface area (Å²) in [6.45, 7) is 2.26. The van der Waals surface area contributed by atoms with Crippen LogP contribution in [0.4, 0.5) is 4.79 Å². The van der Waals surface area contributed by atoms with Gasteiger partial charge in [-0.3, -0.25) is 4.90 Å². The number of rotatable bonds is 2. The molecule has 5 nitrogen and oxygen atoms in total. The summed E-state index contributed by atoms with van der Waals surface area (Å²) in [5, 5.41) is 9.52. The Morgan fingerprint density at radius 3 is 2.83 bits per heavy atom. The summed E-state index contributed by atoms with van der Waals surface area (Å²) in [6.07, 6.45) is 1.94. The lowest BCUT2D eigenvalue weighted by Gasteiger charge is -2.32. The van der Waals surface area contributed by atoms with Crippen LogP contribution in [0.2, 0.25) is 5.15 Å². The number of halogens is 1. The number of fused-ring (bicyclic) bond motifs is 2. The summed E-state index contributed by atoms with van der Waals surface area (Å²) in [7, 11) is 0. The Hall–Kier alpha value is -1.33. The molecule has 3 rings (SSSR count). The van der Waals surface area contributed by atoms with Crippen molar-refractivity contribution in [3.8, 4) is 0 Å². The van der Waals surface area contributed by atoms with Crippen molar-refractivity contribution in [3.63, 3.8) is 0 Å². The van der Waals surface area contributed by atoms with E-state index in [9.17, 15) is 4.79 Å². The van der Waals surface area contributed by atoms with E-state index in [4.69, 9.17) is 16.7 Å². The van der Waals surface area contributed by atoms with Crippen LogP contribution in [0.25, 0.3) is 0 Å². The van der Waals surface area contributed by atoms with Gasteiger partial charge >= 0.3 is 6.09 Å². The summed E-state index contributed by atoms with van der Waals surface area (Å²) < 4.78 is 0. The van der Waals surface area contributed by atoms with Gasteiger partial charge in [-0.25, -0.2) is 9.78 Å². The molecule has 2 bridgehead atoms. The number of likely N-dealkylation sites (tertiary alicyclic amines) is 2. The van der Waals surface area contributed by atoms with E-state index in [-0.39, 0.29) is 6.04 Å². The minimum absolute atomic E-state index is 0.160. The van der Waals surface area contributed by atoms with Crippen LogP contribution in [0, 0.1) is 0 Å². The Morgan fingerprint density at radius 1 is 1.44 bits per heavy atom. The highest BCUT2D eigenvalue weighted by Gasteiger charge is 2.45. The lowest BCUT2D eigenvalue weighted by molar-refractivity contribution is 0.100. The normalized spacial score (nSPS) is 26.8. The van der Waals surface area contributed by atoms with Crippen LogP contribution in [0.1, 0.15) is 12.0 Å². The Bertz CT molecular complexity index is 465. The van der Waals surface area contributed by atoms with Gasteiger partial charge in [-0.2, -0.15) is 0 Å². The highest BCUT2D eigenvalue weighted by Crippen LogP contribution is 2.31. The van der Waals surface area contributed by atoms with Crippen LogP contribution in [0.15, 0.2) is 18.3 Å². The first kappa shape index (κ1) is 11.7. The van der Waals surface area contributed by atoms with Crippen molar-refractivity contribution in [3.05, 3.63) is 29.0 Å². The van der Waals surface area contributed by atoms with Gasteiger partial charge in [0.25, 0.3) is 0 Å². The van der Waals surface area contributed by atoms with Crippen LogP contribution in [0.3, 0.4) is 0 Å². The van der Waals surface area contributed by atoms with Gasteiger partial charge in [0.2, 0.25) is 0 Å². The summed E-state index contributed by atoms with van der Waals surface area (Å²) in [6, 6.07) is 4.26. The third kappa shape index (κ3) is 2.04. The summed E-state index contributed by atoms with van der Waals surface area (Å²) in [4.78, 5) is 18.9. The molecule has 1 aromatic rings. The van der Waals surface area contributed by atoms with Crippen molar-refractivity contribution < 1.29 is 9.90 Å². The van der Waals surface area contributed by atoms with Gasteiger partial charge in [-0.1, -0.05) is 17.7 Å². The molecular formula is C12H14ClN3O2. The maximum absolute atomic E-state index is 11.0. The zero-order valence-corrected chi connectivity index (χ0v) is 10.5. The molecule has 2 aliphatic rings. The van der Waals surface area contributed by atoms with Crippen molar-refractivity contribution in [2.24, 2.45) is 0 Å². The molecule has 0 saturated carbocycles. The molecular weight excluding hydrogens is 254 g/mol. The molecule has 2 aliphatic heterocycles. The number of nitrogens with zero attached hydrogens (tertiary/aromatic N) is 3. The van der Waals surface area contributed by atoms with Crippen molar-refractivity contribution in [2.75, 3.05) is 13.1 Å². The van der Waals surface area contributed by atoms with Crippen LogP contribution in [0.5, 0.6) is 0 Å². The fourth-order valence-corrected chi connectivity index (χ4v) is 3.02. The minimum Gasteiger partial charge on any atom is -0.465 e. The van der Waals surface area contributed by atoms with E-state index >= 15 is 0 Å². The molecule has 2 fully saturated rings. The molecule has 1 amide bonds. The number of carbonyl (C=O) groups is 1. The van der Waals surface area contributed by atoms with Crippen LogP contribution >= 0.6 is 11.6 Å². The number of hydrogen-bond donors (Lipinski definition) is 1. The first-order valence-electron chi connectivity index (χ1n) is 5.97. The fraction of sp³-hybridized carbons (Fsp3) is 0.500. The quantitative estimate of drug-likeness (QED) is 0.828. The van der Waals surface area contributed by atoms with Gasteiger partial charge in [0.1, 0.15) is 5.15 Å². The number of pyridine rings is 1. The molecule has 3 heterocycles. The number of aromatic nitrogens is 1. The van der Waals surface area contributed by atoms with E-state index in [1.807, 2.05) is 6.07 Å². The number of hydrogen-bond acceptors (Lipinski definition) is 3. The summed E-state index contributed by atoms with van der Waals surface area (Å²) in [5.41, 5.74) is 1.12. The van der Waals surface area contributed by atoms with Crippen molar-refractivity contribution >= 4 is 17.7 Å². The maximum atomic E-state index is 11.0. The first-order valence-corrected chi connectivity index (χ1v) is 6.35. The largest absolute Gasteiger partial charge is 0.465 e.